The molecule has 0 amide bonds. The predicted molar refractivity (Wildman–Crippen MR) is 53.2 cm³/mol. The maximum absolute atomic E-state index is 11.0. The Labute approximate surface area is 85.4 Å². The van der Waals surface area contributed by atoms with Crippen LogP contribution in [0.3, 0.4) is 0 Å². The number of anilines is 2. The van der Waals surface area contributed by atoms with Crippen LogP contribution in [0.15, 0.2) is 6.07 Å². The Kier molecular flexibility index (Phi) is 2.03. The molecule has 0 saturated carbocycles. The van der Waals surface area contributed by atoms with Gasteiger partial charge in [-0.3, -0.25) is 0 Å². The molecule has 6 nitrogen and oxygen atoms in total. The Morgan fingerprint density at radius 1 is 1.33 bits per heavy atom. The third-order valence-corrected chi connectivity index (χ3v) is 2.12. The van der Waals surface area contributed by atoms with E-state index in [4.69, 9.17) is 26.0 Å². The number of carboxylic acids is 1. The molecule has 1 aromatic rings. The van der Waals surface area contributed by atoms with Gasteiger partial charge in [-0.25, -0.2) is 4.79 Å². The largest absolute Gasteiger partial charge is 0.486 e. The first-order chi connectivity index (χ1) is 7.11. The molecule has 0 spiro atoms. The zero-order chi connectivity index (χ0) is 11.0. The van der Waals surface area contributed by atoms with Gasteiger partial charge >= 0.3 is 5.97 Å². The third-order valence-electron chi connectivity index (χ3n) is 2.12. The number of benzene rings is 1. The van der Waals surface area contributed by atoms with Crippen molar-refractivity contribution in [1.82, 2.24) is 0 Å². The van der Waals surface area contributed by atoms with E-state index >= 15 is 0 Å². The summed E-state index contributed by atoms with van der Waals surface area (Å²) in [5.41, 5.74) is 11.2. The van der Waals surface area contributed by atoms with Crippen LogP contribution in [0.1, 0.15) is 10.4 Å². The monoisotopic (exact) mass is 210 g/mol. The zero-order valence-corrected chi connectivity index (χ0v) is 7.82. The van der Waals surface area contributed by atoms with E-state index in [0.717, 1.165) is 0 Å². The van der Waals surface area contributed by atoms with Gasteiger partial charge in [0, 0.05) is 6.07 Å². The van der Waals surface area contributed by atoms with Gasteiger partial charge in [0.15, 0.2) is 11.5 Å². The van der Waals surface area contributed by atoms with Gasteiger partial charge < -0.3 is 26.0 Å². The van der Waals surface area contributed by atoms with Gasteiger partial charge in [-0.2, -0.15) is 0 Å². The van der Waals surface area contributed by atoms with E-state index in [0.29, 0.717) is 19.0 Å². The highest BCUT2D eigenvalue weighted by atomic mass is 16.6. The minimum atomic E-state index is -1.18. The molecular formula is C9H10N2O4. The summed E-state index contributed by atoms with van der Waals surface area (Å²) in [6.45, 7) is 0.673. The van der Waals surface area contributed by atoms with Crippen LogP contribution in [0.4, 0.5) is 11.4 Å². The number of rotatable bonds is 1. The summed E-state index contributed by atoms with van der Waals surface area (Å²) < 4.78 is 10.4. The van der Waals surface area contributed by atoms with Crippen molar-refractivity contribution in [3.05, 3.63) is 11.6 Å². The first-order valence-electron chi connectivity index (χ1n) is 4.32. The fourth-order valence-corrected chi connectivity index (χ4v) is 1.43. The zero-order valence-electron chi connectivity index (χ0n) is 7.82. The van der Waals surface area contributed by atoms with E-state index < -0.39 is 5.97 Å². The van der Waals surface area contributed by atoms with Crippen LogP contribution in [0, 0.1) is 0 Å². The normalized spacial score (nSPS) is 13.6. The summed E-state index contributed by atoms with van der Waals surface area (Å²) in [5, 5.41) is 8.97. The van der Waals surface area contributed by atoms with Crippen LogP contribution in [0.2, 0.25) is 0 Å². The lowest BCUT2D eigenvalue weighted by Crippen LogP contribution is -2.19. The number of carbonyl (C=O) groups is 1. The SMILES string of the molecule is Nc1cc2c(c(C(=O)O)c1N)OCCO2. The minimum Gasteiger partial charge on any atom is -0.486 e. The lowest BCUT2D eigenvalue weighted by atomic mass is 10.1. The van der Waals surface area contributed by atoms with Gasteiger partial charge in [-0.05, 0) is 0 Å². The molecule has 0 fully saturated rings. The Morgan fingerprint density at radius 3 is 2.67 bits per heavy atom. The van der Waals surface area contributed by atoms with Gasteiger partial charge in [0.1, 0.15) is 18.8 Å². The second-order valence-electron chi connectivity index (χ2n) is 3.08. The molecule has 0 atom stereocenters. The maximum Gasteiger partial charge on any atom is 0.341 e. The molecule has 5 N–H and O–H groups in total. The van der Waals surface area contributed by atoms with E-state index in [9.17, 15) is 4.79 Å². The summed E-state index contributed by atoms with van der Waals surface area (Å²) >= 11 is 0. The molecule has 1 aliphatic heterocycles. The molecule has 0 radical (unpaired) electrons. The molecular weight excluding hydrogens is 200 g/mol. The molecule has 1 aromatic carbocycles. The van der Waals surface area contributed by atoms with Gasteiger partial charge in [0.25, 0.3) is 0 Å². The van der Waals surface area contributed by atoms with Crippen molar-refractivity contribution < 1.29 is 19.4 Å². The Hall–Kier alpha value is -2.11. The summed E-state index contributed by atoms with van der Waals surface area (Å²) in [4.78, 5) is 11.0. The average Bonchev–Trinajstić information content (AvgIpc) is 2.19. The summed E-state index contributed by atoms with van der Waals surface area (Å²) in [7, 11) is 0. The van der Waals surface area contributed by atoms with Crippen molar-refractivity contribution in [1.29, 1.82) is 0 Å². The molecule has 0 unspecified atom stereocenters. The molecule has 0 bridgehead atoms. The lowest BCUT2D eigenvalue weighted by molar-refractivity contribution is 0.0687. The molecule has 1 heterocycles. The van der Waals surface area contributed by atoms with Crippen molar-refractivity contribution in [2.24, 2.45) is 0 Å². The van der Waals surface area contributed by atoms with Gasteiger partial charge in [0.05, 0.1) is 11.4 Å². The molecule has 0 saturated heterocycles. The maximum atomic E-state index is 11.0. The minimum absolute atomic E-state index is 0.00625. The van der Waals surface area contributed by atoms with E-state index in [-0.39, 0.29) is 22.7 Å². The standard InChI is InChI=1S/C9H10N2O4/c10-4-3-5-8(15-2-1-14-5)6(7(4)11)9(12)13/h3H,1-2,10-11H2,(H,12,13). The van der Waals surface area contributed by atoms with Crippen molar-refractivity contribution >= 4 is 17.3 Å². The van der Waals surface area contributed by atoms with Crippen LogP contribution >= 0.6 is 0 Å². The highest BCUT2D eigenvalue weighted by molar-refractivity contribution is 6.01. The summed E-state index contributed by atoms with van der Waals surface area (Å²) in [6.07, 6.45) is 0. The average molecular weight is 210 g/mol. The first-order valence-corrected chi connectivity index (χ1v) is 4.32. The smallest absolute Gasteiger partial charge is 0.341 e. The van der Waals surface area contributed by atoms with Crippen molar-refractivity contribution in [3.8, 4) is 11.5 Å². The quantitative estimate of drug-likeness (QED) is 0.576. The second kappa shape index (κ2) is 3.23. The number of aromatic carboxylic acids is 1. The van der Waals surface area contributed by atoms with E-state index in [2.05, 4.69) is 0 Å². The van der Waals surface area contributed by atoms with Crippen molar-refractivity contribution in [2.45, 2.75) is 0 Å². The van der Waals surface area contributed by atoms with Gasteiger partial charge in [-0.15, -0.1) is 0 Å². The fraction of sp³-hybridized carbons (Fsp3) is 0.222. The predicted octanol–water partition coefficient (Wildman–Crippen LogP) is 0.320. The highest BCUT2D eigenvalue weighted by Gasteiger charge is 2.25. The van der Waals surface area contributed by atoms with Crippen molar-refractivity contribution in [3.63, 3.8) is 0 Å². The van der Waals surface area contributed by atoms with Gasteiger partial charge in [-0.1, -0.05) is 0 Å². The number of nitrogens with two attached hydrogens (primary N) is 2. The number of nitrogen functional groups attached to an aromatic ring is 2. The molecule has 80 valence electrons. The number of ether oxygens (including phenoxy) is 2. The molecule has 6 heteroatoms. The second-order valence-corrected chi connectivity index (χ2v) is 3.08. The fourth-order valence-electron chi connectivity index (χ4n) is 1.43. The lowest BCUT2D eigenvalue weighted by Gasteiger charge is -2.21. The van der Waals surface area contributed by atoms with Crippen LogP contribution in [-0.4, -0.2) is 24.3 Å². The molecule has 2 rings (SSSR count). The number of carboxylic acid groups (broad SMARTS) is 1. The van der Waals surface area contributed by atoms with E-state index in [1.54, 1.807) is 0 Å². The molecule has 0 aromatic heterocycles. The number of hydrogen-bond acceptors (Lipinski definition) is 5. The Morgan fingerprint density at radius 2 is 2.00 bits per heavy atom. The van der Waals surface area contributed by atoms with Crippen LogP contribution in [0.25, 0.3) is 0 Å². The Balaban J connectivity index is 2.68. The van der Waals surface area contributed by atoms with Crippen molar-refractivity contribution in [2.75, 3.05) is 24.7 Å². The summed E-state index contributed by atoms with van der Waals surface area (Å²) in [5.74, 6) is -0.702. The number of hydrogen-bond donors (Lipinski definition) is 3. The van der Waals surface area contributed by atoms with Crippen LogP contribution in [-0.2, 0) is 0 Å². The Bertz CT molecular complexity index is 431. The van der Waals surface area contributed by atoms with Crippen LogP contribution < -0.4 is 20.9 Å². The highest BCUT2D eigenvalue weighted by Crippen LogP contribution is 2.40. The third kappa shape index (κ3) is 1.39. The molecule has 1 aliphatic rings. The summed E-state index contributed by atoms with van der Waals surface area (Å²) in [6, 6.07) is 1.47. The molecule has 15 heavy (non-hydrogen) atoms. The van der Waals surface area contributed by atoms with Crippen LogP contribution in [0.5, 0.6) is 11.5 Å². The topological polar surface area (TPSA) is 108 Å². The van der Waals surface area contributed by atoms with E-state index in [1.807, 2.05) is 0 Å². The first kappa shape index (κ1) is 9.45. The van der Waals surface area contributed by atoms with Gasteiger partial charge in [0.2, 0.25) is 0 Å². The number of fused-ring (bicyclic) bond motifs is 1. The van der Waals surface area contributed by atoms with E-state index in [1.165, 1.54) is 6.07 Å². The molecule has 0 aliphatic carbocycles.